The van der Waals surface area contributed by atoms with Crippen LogP contribution < -0.4 is 0 Å². The average molecular weight is 161 g/mol. The summed E-state index contributed by atoms with van der Waals surface area (Å²) in [5, 5.41) is 10.0. The van der Waals surface area contributed by atoms with Gasteiger partial charge in [-0.3, -0.25) is 9.63 Å². The van der Waals surface area contributed by atoms with Crippen LogP contribution in [-0.2, 0) is 9.63 Å². The van der Waals surface area contributed by atoms with E-state index in [4.69, 9.17) is 9.94 Å². The van der Waals surface area contributed by atoms with Crippen LogP contribution in [0.3, 0.4) is 0 Å². The molecular weight excluding hydrogens is 146 g/mol. The molecule has 0 saturated carbocycles. The maximum absolute atomic E-state index is 10.7. The van der Waals surface area contributed by atoms with Gasteiger partial charge in [0.05, 0.1) is 6.10 Å². The molecule has 0 aromatic carbocycles. The topological polar surface area (TPSA) is 49.8 Å². The van der Waals surface area contributed by atoms with Crippen molar-refractivity contribution in [2.75, 3.05) is 13.2 Å². The molecule has 1 amide bonds. The Kier molecular flexibility index (Phi) is 4.81. The monoisotopic (exact) mass is 161 g/mol. The molecule has 0 heterocycles. The van der Waals surface area contributed by atoms with Gasteiger partial charge in [0.25, 0.3) is 0 Å². The lowest BCUT2D eigenvalue weighted by atomic mass is 10.5. The van der Waals surface area contributed by atoms with Crippen molar-refractivity contribution in [3.8, 4) is 0 Å². The predicted molar refractivity (Wildman–Crippen MR) is 40.7 cm³/mol. The maximum Gasteiger partial charge on any atom is 0.242 e. The molecule has 0 aromatic heterocycles. The second kappa shape index (κ2) is 5.09. The molecule has 4 nitrogen and oxygen atoms in total. The van der Waals surface area contributed by atoms with Gasteiger partial charge in [-0.05, 0) is 13.8 Å². The summed E-state index contributed by atoms with van der Waals surface area (Å²) in [7, 11) is 0. The van der Waals surface area contributed by atoms with Gasteiger partial charge in [0, 0.05) is 13.5 Å². The van der Waals surface area contributed by atoms with Crippen LogP contribution in [0.5, 0.6) is 0 Å². The Morgan fingerprint density at radius 3 is 2.55 bits per heavy atom. The highest BCUT2D eigenvalue weighted by atomic mass is 16.7. The van der Waals surface area contributed by atoms with Crippen LogP contribution in [0.25, 0.3) is 0 Å². The number of hydroxylamine groups is 2. The molecule has 1 N–H and O–H groups in total. The highest BCUT2D eigenvalue weighted by molar-refractivity contribution is 5.71. The summed E-state index contributed by atoms with van der Waals surface area (Å²) in [5.41, 5.74) is 0. The molecule has 0 aliphatic rings. The molecule has 4 heteroatoms. The van der Waals surface area contributed by atoms with Gasteiger partial charge in [-0.25, -0.2) is 5.06 Å². The fourth-order valence-electron chi connectivity index (χ4n) is 0.603. The summed E-state index contributed by atoms with van der Waals surface area (Å²) >= 11 is 0. The van der Waals surface area contributed by atoms with E-state index < -0.39 is 6.10 Å². The van der Waals surface area contributed by atoms with E-state index in [-0.39, 0.29) is 12.5 Å². The van der Waals surface area contributed by atoms with Crippen LogP contribution in [0.4, 0.5) is 0 Å². The van der Waals surface area contributed by atoms with Crippen LogP contribution in [0.15, 0.2) is 0 Å². The molecule has 0 spiro atoms. The molecule has 0 aromatic rings. The minimum absolute atomic E-state index is 0.145. The molecular formula is C7H15NO3. The number of amides is 1. The quantitative estimate of drug-likeness (QED) is 0.598. The number of nitrogens with zero attached hydrogens (tertiary/aromatic N) is 1. The summed E-state index contributed by atoms with van der Waals surface area (Å²) in [5.74, 6) is -0.145. The Bertz CT molecular complexity index is 125. The summed E-state index contributed by atoms with van der Waals surface area (Å²) in [6.45, 7) is 5.50. The van der Waals surface area contributed by atoms with Crippen molar-refractivity contribution in [2.45, 2.75) is 26.9 Å². The molecule has 11 heavy (non-hydrogen) atoms. The number of aliphatic hydroxyl groups excluding tert-OH is 1. The Morgan fingerprint density at radius 2 is 2.27 bits per heavy atom. The molecule has 1 unspecified atom stereocenters. The van der Waals surface area contributed by atoms with E-state index >= 15 is 0 Å². The molecule has 0 radical (unpaired) electrons. The van der Waals surface area contributed by atoms with Gasteiger partial charge in [-0.1, -0.05) is 0 Å². The molecule has 66 valence electrons. The first kappa shape index (κ1) is 10.4. The summed E-state index contributed by atoms with van der Waals surface area (Å²) in [6.07, 6.45) is -0.539. The van der Waals surface area contributed by atoms with Gasteiger partial charge >= 0.3 is 0 Å². The van der Waals surface area contributed by atoms with Crippen molar-refractivity contribution in [1.29, 1.82) is 0 Å². The highest BCUT2D eigenvalue weighted by Crippen LogP contribution is 1.92. The first-order valence-corrected chi connectivity index (χ1v) is 3.67. The molecule has 0 bridgehead atoms. The standard InChI is InChI=1S/C7H15NO3/c1-4-8(7(3)10)11-5-6(2)9/h6,9H,4-5H2,1-3H3. The third kappa shape index (κ3) is 4.75. The number of hydrogen-bond acceptors (Lipinski definition) is 3. The Morgan fingerprint density at radius 1 is 1.73 bits per heavy atom. The van der Waals surface area contributed by atoms with Crippen LogP contribution in [0.1, 0.15) is 20.8 Å². The number of carbonyl (C=O) groups is 1. The zero-order chi connectivity index (χ0) is 8.85. The molecule has 0 aliphatic heterocycles. The second-order valence-corrected chi connectivity index (χ2v) is 2.36. The van der Waals surface area contributed by atoms with E-state index in [0.29, 0.717) is 6.54 Å². The maximum atomic E-state index is 10.7. The predicted octanol–water partition coefficient (Wildman–Crippen LogP) is 0.167. The smallest absolute Gasteiger partial charge is 0.242 e. The zero-order valence-corrected chi connectivity index (χ0v) is 7.20. The summed E-state index contributed by atoms with van der Waals surface area (Å²) in [4.78, 5) is 15.7. The van der Waals surface area contributed by atoms with Crippen molar-refractivity contribution in [2.24, 2.45) is 0 Å². The third-order valence-corrected chi connectivity index (χ3v) is 1.11. The first-order valence-electron chi connectivity index (χ1n) is 3.67. The Hall–Kier alpha value is -0.610. The van der Waals surface area contributed by atoms with Crippen molar-refractivity contribution in [3.63, 3.8) is 0 Å². The van der Waals surface area contributed by atoms with E-state index in [0.717, 1.165) is 0 Å². The minimum Gasteiger partial charge on any atom is -0.391 e. The van der Waals surface area contributed by atoms with Gasteiger partial charge < -0.3 is 5.11 Å². The van der Waals surface area contributed by atoms with E-state index in [1.807, 2.05) is 6.92 Å². The van der Waals surface area contributed by atoms with E-state index in [1.165, 1.54) is 12.0 Å². The average Bonchev–Trinajstić information content (AvgIpc) is 1.87. The van der Waals surface area contributed by atoms with Crippen LogP contribution in [0.2, 0.25) is 0 Å². The zero-order valence-electron chi connectivity index (χ0n) is 7.20. The first-order chi connectivity index (χ1) is 5.07. The van der Waals surface area contributed by atoms with E-state index in [1.54, 1.807) is 6.92 Å². The normalized spacial score (nSPS) is 12.7. The molecule has 0 saturated heterocycles. The number of hydrogen-bond donors (Lipinski definition) is 1. The van der Waals surface area contributed by atoms with Gasteiger partial charge in [0.1, 0.15) is 6.61 Å². The molecule has 0 aliphatic carbocycles. The second-order valence-electron chi connectivity index (χ2n) is 2.36. The van der Waals surface area contributed by atoms with Gasteiger partial charge in [-0.2, -0.15) is 0 Å². The Balaban J connectivity index is 3.61. The lowest BCUT2D eigenvalue weighted by molar-refractivity contribution is -0.190. The summed E-state index contributed by atoms with van der Waals surface area (Å²) < 4.78 is 0. The fraction of sp³-hybridized carbons (Fsp3) is 0.857. The van der Waals surface area contributed by atoms with Crippen LogP contribution in [-0.4, -0.2) is 35.3 Å². The van der Waals surface area contributed by atoms with Gasteiger partial charge in [0.15, 0.2) is 0 Å². The number of rotatable bonds is 4. The van der Waals surface area contributed by atoms with Crippen molar-refractivity contribution < 1.29 is 14.7 Å². The third-order valence-electron chi connectivity index (χ3n) is 1.11. The number of aliphatic hydroxyl groups is 1. The SMILES string of the molecule is CCN(OCC(C)O)C(C)=O. The van der Waals surface area contributed by atoms with Crippen LogP contribution in [0, 0.1) is 0 Å². The largest absolute Gasteiger partial charge is 0.391 e. The fourth-order valence-corrected chi connectivity index (χ4v) is 0.603. The molecule has 1 atom stereocenters. The number of carbonyl (C=O) groups excluding carboxylic acids is 1. The van der Waals surface area contributed by atoms with Crippen molar-refractivity contribution in [1.82, 2.24) is 5.06 Å². The Labute approximate surface area is 66.7 Å². The summed E-state index contributed by atoms with van der Waals surface area (Å²) in [6, 6.07) is 0. The van der Waals surface area contributed by atoms with E-state index in [9.17, 15) is 4.79 Å². The minimum atomic E-state index is -0.539. The van der Waals surface area contributed by atoms with Crippen molar-refractivity contribution >= 4 is 5.91 Å². The lowest BCUT2D eigenvalue weighted by Gasteiger charge is -2.18. The molecule has 0 rings (SSSR count). The highest BCUT2D eigenvalue weighted by Gasteiger charge is 2.06. The van der Waals surface area contributed by atoms with Gasteiger partial charge in [-0.15, -0.1) is 0 Å². The van der Waals surface area contributed by atoms with Crippen LogP contribution >= 0.6 is 0 Å². The van der Waals surface area contributed by atoms with Gasteiger partial charge in [0.2, 0.25) is 5.91 Å². The van der Waals surface area contributed by atoms with E-state index in [2.05, 4.69) is 0 Å². The molecule has 0 fully saturated rings. The van der Waals surface area contributed by atoms with Crippen molar-refractivity contribution in [3.05, 3.63) is 0 Å². The lowest BCUT2D eigenvalue weighted by Crippen LogP contribution is -2.31.